The Morgan fingerprint density at radius 3 is 1.82 bits per heavy atom. The standard InChI is InChI=1S/C13H18O4/c1-13(7-17-8-13)12-10(15-3)5-9(14-2)6-11(12)16-4/h5-6H,7-8H2,1-4H3. The van der Waals surface area contributed by atoms with Crippen LogP contribution in [0.2, 0.25) is 0 Å². The van der Waals surface area contributed by atoms with Gasteiger partial charge in [0.1, 0.15) is 17.2 Å². The average Bonchev–Trinajstić information content (AvgIpc) is 2.34. The number of hydrogen-bond acceptors (Lipinski definition) is 4. The molecule has 0 unspecified atom stereocenters. The van der Waals surface area contributed by atoms with Crippen LogP contribution < -0.4 is 14.2 Å². The molecule has 1 heterocycles. The van der Waals surface area contributed by atoms with E-state index >= 15 is 0 Å². The normalized spacial score (nSPS) is 17.2. The first-order valence-corrected chi connectivity index (χ1v) is 5.53. The number of hydrogen-bond donors (Lipinski definition) is 0. The molecule has 0 saturated carbocycles. The molecule has 0 bridgehead atoms. The van der Waals surface area contributed by atoms with E-state index in [9.17, 15) is 0 Å². The minimum atomic E-state index is -0.0387. The maximum atomic E-state index is 5.44. The predicted octanol–water partition coefficient (Wildman–Crippen LogP) is 2.00. The molecule has 0 atom stereocenters. The molecule has 4 nitrogen and oxygen atoms in total. The molecule has 1 aromatic rings. The Labute approximate surface area is 101 Å². The fraction of sp³-hybridized carbons (Fsp3) is 0.538. The van der Waals surface area contributed by atoms with E-state index in [-0.39, 0.29) is 5.41 Å². The first kappa shape index (κ1) is 12.0. The average molecular weight is 238 g/mol. The molecular weight excluding hydrogens is 220 g/mol. The van der Waals surface area contributed by atoms with Gasteiger partial charge in [-0.05, 0) is 0 Å². The van der Waals surface area contributed by atoms with Crippen molar-refractivity contribution >= 4 is 0 Å². The molecule has 1 saturated heterocycles. The van der Waals surface area contributed by atoms with Crippen molar-refractivity contribution in [2.24, 2.45) is 0 Å². The van der Waals surface area contributed by atoms with Gasteiger partial charge in [-0.1, -0.05) is 6.92 Å². The van der Waals surface area contributed by atoms with Crippen molar-refractivity contribution in [2.45, 2.75) is 12.3 Å². The minimum absolute atomic E-state index is 0.0387. The van der Waals surface area contributed by atoms with E-state index in [4.69, 9.17) is 18.9 Å². The zero-order chi connectivity index (χ0) is 12.5. The molecule has 1 aromatic carbocycles. The van der Waals surface area contributed by atoms with Crippen LogP contribution in [-0.4, -0.2) is 34.5 Å². The summed E-state index contributed by atoms with van der Waals surface area (Å²) >= 11 is 0. The summed E-state index contributed by atoms with van der Waals surface area (Å²) in [6.07, 6.45) is 0. The largest absolute Gasteiger partial charge is 0.496 e. The maximum absolute atomic E-state index is 5.44. The van der Waals surface area contributed by atoms with E-state index in [0.29, 0.717) is 13.2 Å². The van der Waals surface area contributed by atoms with Gasteiger partial charge in [0.15, 0.2) is 0 Å². The van der Waals surface area contributed by atoms with Crippen LogP contribution in [0, 0.1) is 0 Å². The van der Waals surface area contributed by atoms with Crippen molar-refractivity contribution in [1.29, 1.82) is 0 Å². The number of methoxy groups -OCH3 is 3. The third-order valence-electron chi connectivity index (χ3n) is 3.16. The van der Waals surface area contributed by atoms with Crippen LogP contribution in [0.25, 0.3) is 0 Å². The van der Waals surface area contributed by atoms with Crippen LogP contribution in [0.5, 0.6) is 17.2 Å². The van der Waals surface area contributed by atoms with Crippen molar-refractivity contribution < 1.29 is 18.9 Å². The highest BCUT2D eigenvalue weighted by Gasteiger charge is 2.40. The second-order valence-corrected chi connectivity index (χ2v) is 4.46. The lowest BCUT2D eigenvalue weighted by Gasteiger charge is -2.40. The van der Waals surface area contributed by atoms with E-state index in [2.05, 4.69) is 6.92 Å². The fourth-order valence-electron chi connectivity index (χ4n) is 2.15. The van der Waals surface area contributed by atoms with Gasteiger partial charge < -0.3 is 18.9 Å². The van der Waals surface area contributed by atoms with Crippen LogP contribution in [0.1, 0.15) is 12.5 Å². The van der Waals surface area contributed by atoms with E-state index in [1.54, 1.807) is 21.3 Å². The Morgan fingerprint density at radius 1 is 1.00 bits per heavy atom. The molecular formula is C13H18O4. The van der Waals surface area contributed by atoms with Crippen molar-refractivity contribution in [2.75, 3.05) is 34.5 Å². The van der Waals surface area contributed by atoms with Gasteiger partial charge in [0, 0.05) is 23.1 Å². The SMILES string of the molecule is COc1cc(OC)c(C2(C)COC2)c(OC)c1. The summed E-state index contributed by atoms with van der Waals surface area (Å²) < 4.78 is 21.4. The van der Waals surface area contributed by atoms with E-state index in [1.807, 2.05) is 12.1 Å². The summed E-state index contributed by atoms with van der Waals surface area (Å²) in [5, 5.41) is 0. The monoisotopic (exact) mass is 238 g/mol. The smallest absolute Gasteiger partial charge is 0.130 e. The number of ether oxygens (including phenoxy) is 4. The molecule has 1 fully saturated rings. The molecule has 2 rings (SSSR count). The van der Waals surface area contributed by atoms with Gasteiger partial charge in [-0.3, -0.25) is 0 Å². The summed E-state index contributed by atoms with van der Waals surface area (Å²) in [6, 6.07) is 3.75. The van der Waals surface area contributed by atoms with Crippen molar-refractivity contribution in [3.8, 4) is 17.2 Å². The molecule has 0 spiro atoms. The quantitative estimate of drug-likeness (QED) is 0.804. The molecule has 0 radical (unpaired) electrons. The van der Waals surface area contributed by atoms with Gasteiger partial charge in [-0.15, -0.1) is 0 Å². The summed E-state index contributed by atoms with van der Waals surface area (Å²) in [7, 11) is 4.93. The first-order chi connectivity index (χ1) is 8.14. The predicted molar refractivity (Wildman–Crippen MR) is 64.3 cm³/mol. The zero-order valence-corrected chi connectivity index (χ0v) is 10.7. The fourth-order valence-corrected chi connectivity index (χ4v) is 2.15. The van der Waals surface area contributed by atoms with Gasteiger partial charge in [0.2, 0.25) is 0 Å². The highest BCUT2D eigenvalue weighted by atomic mass is 16.5. The Bertz CT molecular complexity index is 385. The van der Waals surface area contributed by atoms with Crippen LogP contribution in [0.3, 0.4) is 0 Å². The van der Waals surface area contributed by atoms with E-state index < -0.39 is 0 Å². The van der Waals surface area contributed by atoms with E-state index in [0.717, 1.165) is 22.8 Å². The molecule has 0 amide bonds. The third kappa shape index (κ3) is 1.93. The molecule has 0 aliphatic carbocycles. The Morgan fingerprint density at radius 2 is 1.53 bits per heavy atom. The number of rotatable bonds is 4. The van der Waals surface area contributed by atoms with Gasteiger partial charge in [-0.2, -0.15) is 0 Å². The topological polar surface area (TPSA) is 36.9 Å². The molecule has 4 heteroatoms. The van der Waals surface area contributed by atoms with Crippen molar-refractivity contribution in [1.82, 2.24) is 0 Å². The van der Waals surface area contributed by atoms with Crippen LogP contribution in [0.15, 0.2) is 12.1 Å². The summed E-state index contributed by atoms with van der Waals surface area (Å²) in [6.45, 7) is 3.52. The lowest BCUT2D eigenvalue weighted by Crippen LogP contribution is -2.44. The second-order valence-electron chi connectivity index (χ2n) is 4.46. The molecule has 17 heavy (non-hydrogen) atoms. The van der Waals surface area contributed by atoms with Crippen molar-refractivity contribution in [3.05, 3.63) is 17.7 Å². The molecule has 0 N–H and O–H groups in total. The Kier molecular flexibility index (Phi) is 3.15. The van der Waals surface area contributed by atoms with Gasteiger partial charge in [0.25, 0.3) is 0 Å². The number of benzene rings is 1. The van der Waals surface area contributed by atoms with Crippen LogP contribution >= 0.6 is 0 Å². The molecule has 0 aromatic heterocycles. The van der Waals surface area contributed by atoms with Gasteiger partial charge >= 0.3 is 0 Å². The third-order valence-corrected chi connectivity index (χ3v) is 3.16. The highest BCUT2D eigenvalue weighted by molar-refractivity contribution is 5.55. The highest BCUT2D eigenvalue weighted by Crippen LogP contribution is 2.45. The van der Waals surface area contributed by atoms with Crippen LogP contribution in [-0.2, 0) is 10.2 Å². The maximum Gasteiger partial charge on any atom is 0.130 e. The van der Waals surface area contributed by atoms with Gasteiger partial charge in [0.05, 0.1) is 34.5 Å². The molecule has 1 aliphatic rings. The minimum Gasteiger partial charge on any atom is -0.496 e. The molecule has 1 aliphatic heterocycles. The summed E-state index contributed by atoms with van der Waals surface area (Å²) in [5.74, 6) is 2.30. The lowest BCUT2D eigenvalue weighted by molar-refractivity contribution is -0.0518. The molecule has 94 valence electrons. The summed E-state index contributed by atoms with van der Waals surface area (Å²) in [5.41, 5.74) is 1.01. The van der Waals surface area contributed by atoms with E-state index in [1.165, 1.54) is 0 Å². The Balaban J connectivity index is 2.54. The Hall–Kier alpha value is -1.42. The first-order valence-electron chi connectivity index (χ1n) is 5.53. The zero-order valence-electron chi connectivity index (χ0n) is 10.7. The van der Waals surface area contributed by atoms with Crippen molar-refractivity contribution in [3.63, 3.8) is 0 Å². The summed E-state index contributed by atoms with van der Waals surface area (Å²) in [4.78, 5) is 0. The van der Waals surface area contributed by atoms with Crippen LogP contribution in [0.4, 0.5) is 0 Å². The second kappa shape index (κ2) is 4.45. The van der Waals surface area contributed by atoms with Gasteiger partial charge in [-0.25, -0.2) is 0 Å². The lowest BCUT2D eigenvalue weighted by atomic mass is 9.79.